The van der Waals surface area contributed by atoms with Gasteiger partial charge in [-0.25, -0.2) is 4.98 Å². The van der Waals surface area contributed by atoms with Gasteiger partial charge in [-0.15, -0.1) is 0 Å². The maximum absolute atomic E-state index is 12.7. The van der Waals surface area contributed by atoms with Crippen LogP contribution in [0.4, 0.5) is 0 Å². The Morgan fingerprint density at radius 1 is 1.11 bits per heavy atom. The first-order chi connectivity index (χ1) is 13.7. The molecular weight excluding hydrogens is 356 g/mol. The molecule has 0 radical (unpaired) electrons. The Hall–Kier alpha value is -2.67. The van der Waals surface area contributed by atoms with Crippen LogP contribution in [0.2, 0.25) is 0 Å². The highest BCUT2D eigenvalue weighted by Gasteiger charge is 2.28. The lowest BCUT2D eigenvalue weighted by Gasteiger charge is -2.17. The highest BCUT2D eigenvalue weighted by Crippen LogP contribution is 2.21. The molecule has 0 aliphatic carbocycles. The Kier molecular flexibility index (Phi) is 5.71. The Labute approximate surface area is 164 Å². The quantitative estimate of drug-likeness (QED) is 0.801. The summed E-state index contributed by atoms with van der Waals surface area (Å²) in [6.45, 7) is 2.39. The van der Waals surface area contributed by atoms with Crippen LogP contribution in [0.1, 0.15) is 58.0 Å². The molecule has 4 rings (SSSR count). The van der Waals surface area contributed by atoms with Crippen molar-refractivity contribution in [2.24, 2.45) is 0 Å². The minimum absolute atomic E-state index is 0.0797. The molecule has 7 heteroatoms. The first-order valence-corrected chi connectivity index (χ1v) is 10.0. The van der Waals surface area contributed by atoms with Gasteiger partial charge in [0.05, 0.1) is 11.8 Å². The summed E-state index contributed by atoms with van der Waals surface area (Å²) in [5, 5.41) is 5.85. The molecule has 1 aromatic carbocycles. The molecule has 0 spiro atoms. The van der Waals surface area contributed by atoms with E-state index < -0.39 is 0 Å². The number of fused-ring (bicyclic) bond motifs is 1. The number of imidazole rings is 1. The second-order valence-corrected chi connectivity index (χ2v) is 7.35. The third-order valence-electron chi connectivity index (χ3n) is 5.35. The van der Waals surface area contributed by atoms with Crippen LogP contribution in [0.5, 0.6) is 0 Å². The van der Waals surface area contributed by atoms with E-state index in [9.17, 15) is 9.59 Å². The molecule has 2 amide bonds. The minimum Gasteiger partial charge on any atom is -0.376 e. The second kappa shape index (κ2) is 8.56. The SMILES string of the molecule is O=C(NCC1CCCO1)c1nc(C(=O)NCc2ccccc2)n2c1CCCC2. The highest BCUT2D eigenvalue weighted by molar-refractivity contribution is 5.97. The van der Waals surface area contributed by atoms with Crippen LogP contribution in [0.3, 0.4) is 0 Å². The maximum atomic E-state index is 12.7. The number of hydrogen-bond acceptors (Lipinski definition) is 4. The fourth-order valence-corrected chi connectivity index (χ4v) is 3.85. The maximum Gasteiger partial charge on any atom is 0.287 e. The standard InChI is InChI=1S/C21H26N4O3/c26-20(23-14-16-9-6-12-28-16)18-17-10-4-5-11-25(17)19(24-18)21(27)22-13-15-7-2-1-3-8-15/h1-3,7-8,16H,4-6,9-14H2,(H,22,27)(H,23,26). The molecule has 2 aromatic rings. The largest absolute Gasteiger partial charge is 0.376 e. The Bertz CT molecular complexity index is 841. The summed E-state index contributed by atoms with van der Waals surface area (Å²) >= 11 is 0. The molecule has 7 nitrogen and oxygen atoms in total. The van der Waals surface area contributed by atoms with E-state index in [2.05, 4.69) is 15.6 Å². The molecule has 148 valence electrons. The fraction of sp³-hybridized carbons (Fsp3) is 0.476. The van der Waals surface area contributed by atoms with E-state index in [4.69, 9.17) is 4.74 Å². The van der Waals surface area contributed by atoms with Crippen LogP contribution in [-0.2, 0) is 24.2 Å². The molecule has 2 aliphatic rings. The van der Waals surface area contributed by atoms with Gasteiger partial charge in [-0.05, 0) is 37.7 Å². The first kappa shape index (κ1) is 18.7. The monoisotopic (exact) mass is 382 g/mol. The van der Waals surface area contributed by atoms with Gasteiger partial charge in [0.15, 0.2) is 5.82 Å². The number of hydrogen-bond donors (Lipinski definition) is 2. The summed E-state index contributed by atoms with van der Waals surface area (Å²) in [4.78, 5) is 29.9. The number of aromatic nitrogens is 2. The van der Waals surface area contributed by atoms with Gasteiger partial charge < -0.3 is 19.9 Å². The average Bonchev–Trinajstić information content (AvgIpc) is 3.39. The first-order valence-electron chi connectivity index (χ1n) is 10.0. The van der Waals surface area contributed by atoms with Crippen molar-refractivity contribution in [3.63, 3.8) is 0 Å². The zero-order valence-corrected chi connectivity index (χ0v) is 15.9. The number of carbonyl (C=O) groups excluding carboxylic acids is 2. The lowest BCUT2D eigenvalue weighted by Crippen LogP contribution is -2.32. The van der Waals surface area contributed by atoms with Gasteiger partial charge in [0.1, 0.15) is 5.69 Å². The van der Waals surface area contributed by atoms with E-state index in [-0.39, 0.29) is 17.9 Å². The lowest BCUT2D eigenvalue weighted by molar-refractivity contribution is 0.0853. The summed E-state index contributed by atoms with van der Waals surface area (Å²) in [6, 6.07) is 9.75. The fourth-order valence-electron chi connectivity index (χ4n) is 3.85. The highest BCUT2D eigenvalue weighted by atomic mass is 16.5. The Balaban J connectivity index is 1.47. The van der Waals surface area contributed by atoms with E-state index in [1.807, 2.05) is 34.9 Å². The molecule has 3 heterocycles. The molecule has 1 unspecified atom stereocenters. The predicted molar refractivity (Wildman–Crippen MR) is 104 cm³/mol. The number of benzene rings is 1. The normalized spacial score (nSPS) is 18.5. The van der Waals surface area contributed by atoms with Crippen LogP contribution >= 0.6 is 0 Å². The van der Waals surface area contributed by atoms with Gasteiger partial charge in [-0.2, -0.15) is 0 Å². The second-order valence-electron chi connectivity index (χ2n) is 7.35. The van der Waals surface area contributed by atoms with Crippen LogP contribution in [0.25, 0.3) is 0 Å². The number of ether oxygens (including phenoxy) is 1. The van der Waals surface area contributed by atoms with E-state index in [1.54, 1.807) is 0 Å². The van der Waals surface area contributed by atoms with Crippen molar-refractivity contribution in [1.82, 2.24) is 20.2 Å². The van der Waals surface area contributed by atoms with Gasteiger partial charge in [0.2, 0.25) is 0 Å². The van der Waals surface area contributed by atoms with Crippen molar-refractivity contribution in [3.05, 3.63) is 53.1 Å². The molecule has 28 heavy (non-hydrogen) atoms. The van der Waals surface area contributed by atoms with Gasteiger partial charge in [0.25, 0.3) is 11.8 Å². The van der Waals surface area contributed by atoms with Crippen LogP contribution in [0.15, 0.2) is 30.3 Å². The Morgan fingerprint density at radius 3 is 2.75 bits per heavy atom. The zero-order valence-electron chi connectivity index (χ0n) is 15.9. The third-order valence-corrected chi connectivity index (χ3v) is 5.35. The number of rotatable bonds is 6. The molecule has 1 aromatic heterocycles. The molecule has 0 saturated carbocycles. The minimum atomic E-state index is -0.245. The molecule has 2 N–H and O–H groups in total. The van der Waals surface area contributed by atoms with Crippen LogP contribution in [0, 0.1) is 0 Å². The summed E-state index contributed by atoms with van der Waals surface area (Å²) < 4.78 is 7.47. The molecule has 1 saturated heterocycles. The average molecular weight is 382 g/mol. The van der Waals surface area contributed by atoms with Gasteiger partial charge in [-0.3, -0.25) is 9.59 Å². The molecule has 1 fully saturated rings. The van der Waals surface area contributed by atoms with Gasteiger partial charge >= 0.3 is 0 Å². The van der Waals surface area contributed by atoms with Crippen molar-refractivity contribution in [2.45, 2.75) is 51.3 Å². The van der Waals surface area contributed by atoms with Crippen LogP contribution in [-0.4, -0.2) is 40.6 Å². The predicted octanol–water partition coefficient (Wildman–Crippen LogP) is 2.06. The number of nitrogens with zero attached hydrogens (tertiary/aromatic N) is 2. The molecule has 0 bridgehead atoms. The van der Waals surface area contributed by atoms with E-state index in [0.29, 0.717) is 24.6 Å². The third kappa shape index (κ3) is 4.09. The summed E-state index contributed by atoms with van der Waals surface area (Å²) in [6.07, 6.45) is 4.83. The van der Waals surface area contributed by atoms with Gasteiger partial charge in [0, 0.05) is 26.2 Å². The molecule has 2 aliphatic heterocycles. The van der Waals surface area contributed by atoms with E-state index in [0.717, 1.165) is 56.5 Å². The smallest absolute Gasteiger partial charge is 0.287 e. The number of carbonyl (C=O) groups is 2. The van der Waals surface area contributed by atoms with Crippen molar-refractivity contribution >= 4 is 11.8 Å². The molecular formula is C21H26N4O3. The summed E-state index contributed by atoms with van der Waals surface area (Å²) in [5.41, 5.74) is 2.26. The van der Waals surface area contributed by atoms with Crippen molar-refractivity contribution in [1.29, 1.82) is 0 Å². The van der Waals surface area contributed by atoms with E-state index in [1.165, 1.54) is 0 Å². The van der Waals surface area contributed by atoms with Crippen molar-refractivity contribution in [3.8, 4) is 0 Å². The summed E-state index contributed by atoms with van der Waals surface area (Å²) in [5.74, 6) is -0.138. The van der Waals surface area contributed by atoms with Gasteiger partial charge in [-0.1, -0.05) is 30.3 Å². The topological polar surface area (TPSA) is 85.2 Å². The zero-order chi connectivity index (χ0) is 19.3. The Morgan fingerprint density at radius 2 is 1.96 bits per heavy atom. The number of amides is 2. The molecule has 1 atom stereocenters. The van der Waals surface area contributed by atoms with E-state index >= 15 is 0 Å². The number of nitrogens with one attached hydrogen (secondary N) is 2. The van der Waals surface area contributed by atoms with Crippen molar-refractivity contribution < 1.29 is 14.3 Å². The van der Waals surface area contributed by atoms with Crippen molar-refractivity contribution in [2.75, 3.05) is 13.2 Å². The summed E-state index contributed by atoms with van der Waals surface area (Å²) in [7, 11) is 0. The van der Waals surface area contributed by atoms with Crippen LogP contribution < -0.4 is 10.6 Å². The lowest BCUT2D eigenvalue weighted by atomic mass is 10.1.